The Kier molecular flexibility index (Phi) is 6.07. The van der Waals surface area contributed by atoms with Crippen LogP contribution in [0, 0.1) is 6.92 Å². The summed E-state index contributed by atoms with van der Waals surface area (Å²) in [7, 11) is 0. The molecule has 1 N–H and O–H groups in total. The molecular weight excluding hydrogens is 336 g/mol. The standard InChI is InChI=1S/C20H25ClN2O2/c1-6-7-10-23-20(25)16(11-22-23)19(24)15-8-9-17(21)18(14(15)5)13(4)12(2)3/h8-9,11,22H,6-7,10H2,1-5H3. The Morgan fingerprint density at radius 1 is 1.20 bits per heavy atom. The number of hydrogen-bond donors (Lipinski definition) is 1. The van der Waals surface area contributed by atoms with Crippen molar-refractivity contribution >= 4 is 23.0 Å². The molecule has 0 unspecified atom stereocenters. The van der Waals surface area contributed by atoms with Crippen molar-refractivity contribution < 1.29 is 4.79 Å². The number of H-pyrrole nitrogens is 1. The van der Waals surface area contributed by atoms with Gasteiger partial charge in [0.1, 0.15) is 5.56 Å². The van der Waals surface area contributed by atoms with Crippen molar-refractivity contribution in [1.82, 2.24) is 9.78 Å². The first-order valence-corrected chi connectivity index (χ1v) is 8.93. The second kappa shape index (κ2) is 7.87. The molecule has 4 nitrogen and oxygen atoms in total. The highest BCUT2D eigenvalue weighted by Crippen LogP contribution is 2.31. The van der Waals surface area contributed by atoms with Gasteiger partial charge in [0.2, 0.25) is 0 Å². The second-order valence-corrected chi connectivity index (χ2v) is 6.95. The minimum atomic E-state index is -0.270. The third-order valence-electron chi connectivity index (χ3n) is 4.60. The monoisotopic (exact) mass is 360 g/mol. The number of carbonyl (C=O) groups is 1. The fraction of sp³-hybridized carbons (Fsp3) is 0.400. The van der Waals surface area contributed by atoms with Crippen LogP contribution in [0.15, 0.2) is 28.7 Å². The highest BCUT2D eigenvalue weighted by molar-refractivity contribution is 6.32. The Labute approximate surface area is 153 Å². The Balaban J connectivity index is 2.52. The molecule has 1 heterocycles. The van der Waals surface area contributed by atoms with E-state index in [1.54, 1.807) is 12.1 Å². The van der Waals surface area contributed by atoms with Crippen LogP contribution < -0.4 is 5.56 Å². The number of unbranched alkanes of at least 4 members (excludes halogenated alkanes) is 1. The third-order valence-corrected chi connectivity index (χ3v) is 4.92. The summed E-state index contributed by atoms with van der Waals surface area (Å²) in [5, 5.41) is 3.51. The molecule has 2 aromatic rings. The van der Waals surface area contributed by atoms with Gasteiger partial charge in [-0.3, -0.25) is 14.3 Å². The zero-order chi connectivity index (χ0) is 18.7. The molecule has 0 saturated heterocycles. The van der Waals surface area contributed by atoms with E-state index in [1.165, 1.54) is 10.9 Å². The largest absolute Gasteiger partial charge is 0.302 e. The average molecular weight is 361 g/mol. The fourth-order valence-electron chi connectivity index (χ4n) is 2.83. The smallest absolute Gasteiger partial charge is 0.277 e. The van der Waals surface area contributed by atoms with E-state index in [4.69, 9.17) is 11.6 Å². The number of allylic oxidation sites excluding steroid dienone is 2. The number of aryl methyl sites for hydroxylation is 1. The lowest BCUT2D eigenvalue weighted by atomic mass is 9.92. The molecule has 2 rings (SSSR count). The van der Waals surface area contributed by atoms with Gasteiger partial charge in [0.05, 0.1) is 0 Å². The number of nitrogens with one attached hydrogen (secondary N) is 1. The predicted octanol–water partition coefficient (Wildman–Crippen LogP) is 4.98. The first-order valence-electron chi connectivity index (χ1n) is 8.56. The zero-order valence-electron chi connectivity index (χ0n) is 15.5. The number of nitrogens with zero attached hydrogens (tertiary/aromatic N) is 1. The summed E-state index contributed by atoms with van der Waals surface area (Å²) in [4.78, 5) is 25.4. The van der Waals surface area contributed by atoms with E-state index >= 15 is 0 Å². The third kappa shape index (κ3) is 3.79. The Bertz CT molecular complexity index is 884. The van der Waals surface area contributed by atoms with Gasteiger partial charge in [-0.25, -0.2) is 0 Å². The molecule has 0 bridgehead atoms. The quantitative estimate of drug-likeness (QED) is 0.738. The first kappa shape index (κ1) is 19.3. The molecule has 5 heteroatoms. The number of rotatable bonds is 6. The van der Waals surface area contributed by atoms with Gasteiger partial charge in [-0.1, -0.05) is 30.5 Å². The number of halogens is 1. The van der Waals surface area contributed by atoms with Crippen LogP contribution in [0.1, 0.15) is 67.6 Å². The molecule has 0 radical (unpaired) electrons. The van der Waals surface area contributed by atoms with E-state index in [0.29, 0.717) is 17.1 Å². The molecule has 0 aliphatic heterocycles. The summed E-state index contributed by atoms with van der Waals surface area (Å²) < 4.78 is 1.49. The summed E-state index contributed by atoms with van der Waals surface area (Å²) in [5.74, 6) is -0.270. The van der Waals surface area contributed by atoms with Gasteiger partial charge < -0.3 is 5.10 Å². The van der Waals surface area contributed by atoms with E-state index in [0.717, 1.165) is 35.1 Å². The van der Waals surface area contributed by atoms with Crippen LogP contribution >= 0.6 is 11.6 Å². The van der Waals surface area contributed by atoms with E-state index in [-0.39, 0.29) is 16.9 Å². The maximum Gasteiger partial charge on any atom is 0.277 e. The van der Waals surface area contributed by atoms with Crippen molar-refractivity contribution in [3.05, 3.63) is 61.5 Å². The van der Waals surface area contributed by atoms with E-state index in [9.17, 15) is 9.59 Å². The van der Waals surface area contributed by atoms with Gasteiger partial charge >= 0.3 is 0 Å². The van der Waals surface area contributed by atoms with E-state index in [2.05, 4.69) is 12.0 Å². The summed E-state index contributed by atoms with van der Waals surface area (Å²) in [6.07, 6.45) is 3.37. The highest BCUT2D eigenvalue weighted by atomic mass is 35.5. The van der Waals surface area contributed by atoms with Crippen LogP contribution in [0.5, 0.6) is 0 Å². The van der Waals surface area contributed by atoms with Gasteiger partial charge in [-0.05, 0) is 62.9 Å². The SMILES string of the molecule is CCCCn1[nH]cc(C(=O)c2ccc(Cl)c(C(C)=C(C)C)c2C)c1=O. The van der Waals surface area contributed by atoms with Crippen LogP contribution in [-0.4, -0.2) is 15.6 Å². The maximum atomic E-state index is 12.9. The maximum absolute atomic E-state index is 12.9. The number of benzene rings is 1. The van der Waals surface area contributed by atoms with Gasteiger partial charge in [0.15, 0.2) is 5.78 Å². The summed E-state index contributed by atoms with van der Waals surface area (Å²) in [6.45, 7) is 10.5. The molecule has 1 aromatic carbocycles. The number of carbonyl (C=O) groups excluding carboxylic acids is 1. The molecule has 0 amide bonds. The predicted molar refractivity (Wildman–Crippen MR) is 104 cm³/mol. The average Bonchev–Trinajstić information content (AvgIpc) is 2.93. The number of ketones is 1. The molecule has 0 fully saturated rings. The van der Waals surface area contributed by atoms with Gasteiger partial charge in [-0.15, -0.1) is 0 Å². The lowest BCUT2D eigenvalue weighted by molar-refractivity contribution is 0.103. The van der Waals surface area contributed by atoms with Crippen LogP contribution in [0.2, 0.25) is 5.02 Å². The van der Waals surface area contributed by atoms with E-state index < -0.39 is 0 Å². The van der Waals surface area contributed by atoms with Crippen molar-refractivity contribution in [3.63, 3.8) is 0 Å². The summed E-state index contributed by atoms with van der Waals surface area (Å²) in [6, 6.07) is 3.43. The minimum Gasteiger partial charge on any atom is -0.302 e. The van der Waals surface area contributed by atoms with Crippen molar-refractivity contribution in [1.29, 1.82) is 0 Å². The van der Waals surface area contributed by atoms with Gasteiger partial charge in [0.25, 0.3) is 5.56 Å². The molecule has 0 atom stereocenters. The molecule has 0 aliphatic carbocycles. The van der Waals surface area contributed by atoms with Gasteiger partial charge in [-0.2, -0.15) is 0 Å². The molecular formula is C20H25ClN2O2. The van der Waals surface area contributed by atoms with Crippen LogP contribution in [0.4, 0.5) is 0 Å². The summed E-state index contributed by atoms with van der Waals surface area (Å²) >= 11 is 6.37. The molecule has 0 spiro atoms. The van der Waals surface area contributed by atoms with Crippen LogP contribution in [0.25, 0.3) is 5.57 Å². The van der Waals surface area contributed by atoms with Crippen molar-refractivity contribution in [2.75, 3.05) is 0 Å². The first-order chi connectivity index (χ1) is 11.8. The molecule has 0 aliphatic rings. The van der Waals surface area contributed by atoms with Crippen LogP contribution in [0.3, 0.4) is 0 Å². The number of aromatic amines is 1. The van der Waals surface area contributed by atoms with Crippen LogP contribution in [-0.2, 0) is 6.54 Å². The minimum absolute atomic E-state index is 0.169. The molecule has 134 valence electrons. The number of hydrogen-bond acceptors (Lipinski definition) is 2. The fourth-order valence-corrected chi connectivity index (χ4v) is 3.18. The Morgan fingerprint density at radius 2 is 1.88 bits per heavy atom. The molecule has 1 aromatic heterocycles. The molecule has 0 saturated carbocycles. The second-order valence-electron chi connectivity index (χ2n) is 6.55. The van der Waals surface area contributed by atoms with Crippen molar-refractivity contribution in [2.45, 2.75) is 54.0 Å². The summed E-state index contributed by atoms with van der Waals surface area (Å²) in [5.41, 5.74) is 4.27. The normalized spacial score (nSPS) is 10.8. The number of aromatic nitrogens is 2. The lowest BCUT2D eigenvalue weighted by Crippen LogP contribution is -2.22. The van der Waals surface area contributed by atoms with E-state index in [1.807, 2.05) is 27.7 Å². The van der Waals surface area contributed by atoms with Crippen molar-refractivity contribution in [2.24, 2.45) is 0 Å². The lowest BCUT2D eigenvalue weighted by Gasteiger charge is -2.14. The topological polar surface area (TPSA) is 54.9 Å². The van der Waals surface area contributed by atoms with Crippen molar-refractivity contribution in [3.8, 4) is 0 Å². The van der Waals surface area contributed by atoms with Gasteiger partial charge in [0, 0.05) is 23.3 Å². The zero-order valence-corrected chi connectivity index (χ0v) is 16.3. The Morgan fingerprint density at radius 3 is 2.48 bits per heavy atom. The molecule has 25 heavy (non-hydrogen) atoms. The Hall–Kier alpha value is -2.07. The highest BCUT2D eigenvalue weighted by Gasteiger charge is 2.21.